The highest BCUT2D eigenvalue weighted by Crippen LogP contribution is 2.47. The van der Waals surface area contributed by atoms with E-state index in [0.717, 1.165) is 0 Å². The highest BCUT2D eigenvalue weighted by molar-refractivity contribution is 7.85. The number of carbonyl (C=O) groups excluding carboxylic acids is 5. The molecule has 2 aliphatic carbocycles. The molecule has 0 bridgehead atoms. The van der Waals surface area contributed by atoms with Gasteiger partial charge in [-0.05, 0) is 98.1 Å². The molecule has 2 heterocycles. The molecule has 2 aromatic rings. The van der Waals surface area contributed by atoms with Crippen LogP contribution < -0.4 is 30.1 Å². The molecule has 1 aromatic carbocycles. The fourth-order valence-electron chi connectivity index (χ4n) is 6.86. The van der Waals surface area contributed by atoms with E-state index in [1.807, 2.05) is 60.1 Å². The Hall–Kier alpha value is -4.51. The summed E-state index contributed by atoms with van der Waals surface area (Å²) in [6, 6.07) is 4.06. The predicted octanol–water partition coefficient (Wildman–Crippen LogP) is 5.48. The molecule has 19 heteroatoms. The smallest absolute Gasteiger partial charge is 0.362 e. The van der Waals surface area contributed by atoms with Crippen molar-refractivity contribution in [2.75, 3.05) is 13.2 Å². The number of fused-ring (bicyclic) bond motifs is 1. The normalized spacial score (nSPS) is 22.4. The molecule has 1 saturated heterocycles. The Kier molecular flexibility index (Phi) is 14.9. The van der Waals surface area contributed by atoms with Crippen LogP contribution in [0.5, 0.6) is 11.6 Å². The number of carbonyl (C=O) groups is 4. The average Bonchev–Trinajstić information content (AvgIpc) is 3.98. The first-order chi connectivity index (χ1) is 28.1. The topological polar surface area (TPSA) is 224 Å². The lowest BCUT2D eigenvalue weighted by Crippen LogP contribution is -2.61. The van der Waals surface area contributed by atoms with E-state index in [9.17, 15) is 32.4 Å². The van der Waals surface area contributed by atoms with Gasteiger partial charge in [-0.2, -0.15) is 8.42 Å². The van der Waals surface area contributed by atoms with Crippen LogP contribution in [-0.4, -0.2) is 102 Å². The molecule has 2 saturated carbocycles. The number of para-hydroxylation sites is 1. The van der Waals surface area contributed by atoms with Gasteiger partial charge in [0.05, 0.1) is 34.8 Å². The van der Waals surface area contributed by atoms with Crippen molar-refractivity contribution in [1.82, 2.24) is 30.6 Å². The number of amides is 5. The summed E-state index contributed by atoms with van der Waals surface area (Å²) >= 11 is 6.50. The average molecular weight is 893 g/mol. The molecule has 5 atom stereocenters. The zero-order valence-corrected chi connectivity index (χ0v) is 38.9. The number of hydrogen-bond donors (Lipinski definition) is 4. The summed E-state index contributed by atoms with van der Waals surface area (Å²) in [6.45, 7) is 21.9. The predicted molar refractivity (Wildman–Crippen MR) is 230 cm³/mol. The summed E-state index contributed by atoms with van der Waals surface area (Å²) in [4.78, 5) is 74.6. The van der Waals surface area contributed by atoms with E-state index in [2.05, 4.69) is 25.9 Å². The van der Waals surface area contributed by atoms with Gasteiger partial charge in [-0.25, -0.2) is 28.5 Å². The number of nitrogens with zero attached hydrogens (tertiary/aromatic N) is 3. The third kappa shape index (κ3) is 13.2. The van der Waals surface area contributed by atoms with Crippen LogP contribution in [0, 0.1) is 11.3 Å². The molecular formula is C42H62ClN7O10S. The van der Waals surface area contributed by atoms with Gasteiger partial charge in [-0.15, -0.1) is 0 Å². The number of urea groups is 1. The highest BCUT2D eigenvalue weighted by atomic mass is 35.5. The third-order valence-electron chi connectivity index (χ3n) is 10.3. The number of halogens is 1. The number of isocyanates is 1. The van der Waals surface area contributed by atoms with Gasteiger partial charge in [0.2, 0.25) is 23.8 Å². The van der Waals surface area contributed by atoms with E-state index in [4.69, 9.17) is 25.3 Å². The van der Waals surface area contributed by atoms with E-state index < -0.39 is 74.3 Å². The molecule has 5 rings (SSSR count). The van der Waals surface area contributed by atoms with E-state index in [0.29, 0.717) is 47.5 Å². The second kappa shape index (κ2) is 18.5. The standard InChI is InChI=1S/C37H53ClN6O9S.C5H9NO/c1-10-21-19-37(21,32(47)43-54(49,50)53-36(9)15-16-36)41-30(45)25-17-22(52-26-18-27(51-11-2)39-28-23(26)13-12-14-24(28)38)20-44(25)31(46)29(34(3,4)5)40-33(48)42-35(6,7)8;1-5(2,3)6-4-7/h12-14,18,21-22,25,29H,10-11,15-17,19-20H2,1-9H3,(H,41,45)(H,43,47)(H2,40,42,48);1-3H3/t21-,22-,25+,29-,37-;/m1./s1. The Bertz CT molecular complexity index is 2140. The van der Waals surface area contributed by atoms with Crippen molar-refractivity contribution in [3.05, 3.63) is 29.3 Å². The maximum absolute atomic E-state index is 14.6. The first-order valence-corrected chi connectivity index (χ1v) is 22.3. The Balaban J connectivity index is 0.00000107. The van der Waals surface area contributed by atoms with Gasteiger partial charge in [0.25, 0.3) is 5.91 Å². The molecule has 5 amide bonds. The zero-order chi connectivity index (χ0) is 45.9. The Morgan fingerprint density at radius 1 is 1.07 bits per heavy atom. The SMILES string of the molecule is CC(C)(C)N=C=O.CCOc1cc(O[C@@H]2C[C@@H](C(=O)N[C@]3(C(=O)NS(=O)(=O)OC4(C)CC4)C[C@H]3CC)N(C(=O)[C@@H](NC(=O)NC(C)(C)C)C(C)(C)C)C2)c2cccc(Cl)c2n1. The lowest BCUT2D eigenvalue weighted by molar-refractivity contribution is -0.142. The van der Waals surface area contributed by atoms with Gasteiger partial charge >= 0.3 is 16.3 Å². The van der Waals surface area contributed by atoms with Crippen LogP contribution >= 0.6 is 11.6 Å². The molecule has 61 heavy (non-hydrogen) atoms. The number of nitrogens with one attached hydrogen (secondary N) is 4. The van der Waals surface area contributed by atoms with Crippen molar-refractivity contribution >= 4 is 62.6 Å². The summed E-state index contributed by atoms with van der Waals surface area (Å²) < 4.78 is 45.0. The number of rotatable bonds is 13. The Morgan fingerprint density at radius 2 is 1.72 bits per heavy atom. The number of aliphatic imine (C=N–C) groups is 1. The van der Waals surface area contributed by atoms with Crippen LogP contribution in [-0.2, 0) is 33.7 Å². The summed E-state index contributed by atoms with van der Waals surface area (Å²) in [5, 5.41) is 9.43. The maximum Gasteiger partial charge on any atom is 0.362 e. The van der Waals surface area contributed by atoms with Crippen molar-refractivity contribution in [2.45, 2.75) is 156 Å². The third-order valence-corrected chi connectivity index (χ3v) is 11.6. The minimum absolute atomic E-state index is 0.00519. The van der Waals surface area contributed by atoms with Crippen LogP contribution in [0.3, 0.4) is 0 Å². The van der Waals surface area contributed by atoms with E-state index >= 15 is 0 Å². The number of benzene rings is 1. The molecule has 3 aliphatic rings. The van der Waals surface area contributed by atoms with Crippen LogP contribution in [0.1, 0.15) is 115 Å². The monoisotopic (exact) mass is 891 g/mol. The number of ether oxygens (including phenoxy) is 2. The quantitative estimate of drug-likeness (QED) is 0.146. The fraction of sp³-hybridized carbons (Fsp3) is 0.667. The molecule has 3 fully saturated rings. The van der Waals surface area contributed by atoms with Gasteiger partial charge in [-0.1, -0.05) is 51.8 Å². The lowest BCUT2D eigenvalue weighted by Gasteiger charge is -2.36. The minimum atomic E-state index is -4.46. The maximum atomic E-state index is 14.6. The van der Waals surface area contributed by atoms with Crippen molar-refractivity contribution in [1.29, 1.82) is 0 Å². The van der Waals surface area contributed by atoms with Crippen LogP contribution in [0.2, 0.25) is 5.02 Å². The van der Waals surface area contributed by atoms with Crippen LogP contribution in [0.4, 0.5) is 4.79 Å². The molecule has 0 radical (unpaired) electrons. The number of likely N-dealkylation sites (tertiary alicyclic amines) is 1. The summed E-state index contributed by atoms with van der Waals surface area (Å²) in [6.07, 6.45) is 2.48. The molecule has 1 aromatic heterocycles. The van der Waals surface area contributed by atoms with Gasteiger partial charge < -0.3 is 30.3 Å². The van der Waals surface area contributed by atoms with Gasteiger partial charge in [0, 0.05) is 23.4 Å². The van der Waals surface area contributed by atoms with Crippen LogP contribution in [0.25, 0.3) is 10.9 Å². The second-order valence-electron chi connectivity index (χ2n) is 19.2. The first kappa shape index (κ1) is 49.1. The molecule has 17 nitrogen and oxygen atoms in total. The summed E-state index contributed by atoms with van der Waals surface area (Å²) in [5.74, 6) is -1.83. The largest absolute Gasteiger partial charge is 0.488 e. The molecule has 1 aliphatic heterocycles. The van der Waals surface area contributed by atoms with Gasteiger partial charge in [0.15, 0.2) is 0 Å². The number of aromatic nitrogens is 1. The van der Waals surface area contributed by atoms with Crippen molar-refractivity contribution in [3.8, 4) is 11.6 Å². The van der Waals surface area contributed by atoms with E-state index in [1.54, 1.807) is 52.0 Å². The molecule has 4 N–H and O–H groups in total. The highest BCUT2D eigenvalue weighted by Gasteiger charge is 2.62. The minimum Gasteiger partial charge on any atom is -0.488 e. The molecular weight excluding hydrogens is 830 g/mol. The first-order valence-electron chi connectivity index (χ1n) is 20.5. The summed E-state index contributed by atoms with van der Waals surface area (Å²) in [5.41, 5.74) is -3.60. The Morgan fingerprint density at radius 3 is 2.23 bits per heavy atom. The van der Waals surface area contributed by atoms with E-state index in [-0.39, 0.29) is 36.7 Å². The van der Waals surface area contributed by atoms with Crippen molar-refractivity contribution in [3.63, 3.8) is 0 Å². The van der Waals surface area contributed by atoms with E-state index in [1.165, 1.54) is 11.0 Å². The number of hydrogen-bond acceptors (Lipinski definition) is 12. The fourth-order valence-corrected chi connectivity index (χ4v) is 8.22. The molecule has 0 unspecified atom stereocenters. The number of pyridine rings is 1. The van der Waals surface area contributed by atoms with Crippen molar-refractivity contribution in [2.24, 2.45) is 16.3 Å². The zero-order valence-electron chi connectivity index (χ0n) is 37.3. The van der Waals surface area contributed by atoms with Crippen molar-refractivity contribution < 1.29 is 46.0 Å². The Labute approximate surface area is 364 Å². The van der Waals surface area contributed by atoms with Gasteiger partial charge in [-0.3, -0.25) is 14.4 Å². The summed E-state index contributed by atoms with van der Waals surface area (Å²) in [7, 11) is -4.46. The molecule has 0 spiro atoms. The van der Waals surface area contributed by atoms with Gasteiger partial charge in [0.1, 0.15) is 29.5 Å². The van der Waals surface area contributed by atoms with Crippen LogP contribution in [0.15, 0.2) is 29.3 Å². The molecule has 338 valence electrons. The second-order valence-corrected chi connectivity index (χ2v) is 20.9. The lowest BCUT2D eigenvalue weighted by atomic mass is 9.85.